The summed E-state index contributed by atoms with van der Waals surface area (Å²) in [5.41, 5.74) is 3.53. The average molecular weight is 462 g/mol. The lowest BCUT2D eigenvalue weighted by atomic mass is 9.83. The lowest BCUT2D eigenvalue weighted by Gasteiger charge is -2.29. The quantitative estimate of drug-likeness (QED) is 0.591. The van der Waals surface area contributed by atoms with Crippen molar-refractivity contribution < 1.29 is 14.3 Å². The number of hydrogen-bond acceptors (Lipinski definition) is 4. The third kappa shape index (κ3) is 4.59. The summed E-state index contributed by atoms with van der Waals surface area (Å²) in [6.45, 7) is 4.15. The van der Waals surface area contributed by atoms with Crippen LogP contribution in [0, 0.1) is 23.1 Å². The number of benzene rings is 2. The van der Waals surface area contributed by atoms with E-state index in [9.17, 15) is 19.6 Å². The van der Waals surface area contributed by atoms with Crippen molar-refractivity contribution >= 4 is 29.0 Å². The molecule has 0 saturated heterocycles. The van der Waals surface area contributed by atoms with Gasteiger partial charge in [-0.25, -0.2) is 9.18 Å². The fourth-order valence-corrected chi connectivity index (χ4v) is 4.47. The summed E-state index contributed by atoms with van der Waals surface area (Å²) in [5.74, 6) is -1.36. The van der Waals surface area contributed by atoms with Gasteiger partial charge in [0, 0.05) is 5.92 Å². The summed E-state index contributed by atoms with van der Waals surface area (Å²) >= 11 is 6.31. The van der Waals surface area contributed by atoms with Gasteiger partial charge in [0.15, 0.2) is 0 Å². The van der Waals surface area contributed by atoms with Crippen LogP contribution in [-0.2, 0) is 4.79 Å². The highest BCUT2D eigenvalue weighted by molar-refractivity contribution is 6.32. The van der Waals surface area contributed by atoms with E-state index >= 15 is 0 Å². The minimum Gasteiger partial charge on any atom is -0.478 e. The van der Waals surface area contributed by atoms with Gasteiger partial charge in [-0.1, -0.05) is 42.5 Å². The predicted molar refractivity (Wildman–Crippen MR) is 127 cm³/mol. The van der Waals surface area contributed by atoms with Gasteiger partial charge in [-0.3, -0.25) is 5.01 Å². The molecule has 2 unspecified atom stereocenters. The van der Waals surface area contributed by atoms with Gasteiger partial charge in [0.25, 0.3) is 0 Å². The summed E-state index contributed by atoms with van der Waals surface area (Å²) in [6, 6.07) is 13.3. The number of carbonyl (C=O) groups is 1. The third-order valence-electron chi connectivity index (χ3n) is 5.88. The Balaban J connectivity index is 1.81. The number of hydrogen-bond donors (Lipinski definition) is 1. The minimum atomic E-state index is -0.984. The third-order valence-corrected chi connectivity index (χ3v) is 6.20. The molecule has 1 heterocycles. The van der Waals surface area contributed by atoms with Crippen LogP contribution in [0.15, 0.2) is 83.5 Å². The number of carboxylic acid groups (broad SMARTS) is 1. The number of allylic oxidation sites excluding steroid dienone is 3. The Kier molecular flexibility index (Phi) is 6.43. The summed E-state index contributed by atoms with van der Waals surface area (Å²) < 4.78 is 13.7. The second-order valence-corrected chi connectivity index (χ2v) is 8.37. The van der Waals surface area contributed by atoms with Gasteiger partial charge in [0.2, 0.25) is 0 Å². The largest absolute Gasteiger partial charge is 0.478 e. The van der Waals surface area contributed by atoms with Crippen molar-refractivity contribution in [2.24, 2.45) is 11.0 Å². The number of hydrazone groups is 1. The Bertz CT molecular complexity index is 1240. The van der Waals surface area contributed by atoms with Gasteiger partial charge in [-0.05, 0) is 66.8 Å². The van der Waals surface area contributed by atoms with Crippen LogP contribution >= 0.6 is 11.6 Å². The molecule has 1 aliphatic carbocycles. The molecule has 4 rings (SSSR count). The molecule has 0 fully saturated rings. The maximum Gasteiger partial charge on any atom is 0.335 e. The van der Waals surface area contributed by atoms with Crippen molar-refractivity contribution in [3.63, 3.8) is 0 Å². The van der Waals surface area contributed by atoms with Crippen molar-refractivity contribution in [3.8, 4) is 6.07 Å². The van der Waals surface area contributed by atoms with E-state index in [-0.39, 0.29) is 23.4 Å². The van der Waals surface area contributed by atoms with Crippen LogP contribution in [0.4, 0.5) is 10.1 Å². The lowest BCUT2D eigenvalue weighted by Crippen LogP contribution is -2.26. The first kappa shape index (κ1) is 22.5. The summed E-state index contributed by atoms with van der Waals surface area (Å²) in [7, 11) is 0. The van der Waals surface area contributed by atoms with E-state index in [0.717, 1.165) is 24.1 Å². The minimum absolute atomic E-state index is 0.0539. The number of aliphatic carboxylic acids is 1. The molecular weight excluding hydrogens is 441 g/mol. The average Bonchev–Trinajstić information content (AvgIpc) is 3.18. The van der Waals surface area contributed by atoms with Crippen LogP contribution in [0.3, 0.4) is 0 Å². The molecule has 2 atom stereocenters. The predicted octanol–water partition coefficient (Wildman–Crippen LogP) is 6.19. The van der Waals surface area contributed by atoms with Gasteiger partial charge in [-0.15, -0.1) is 0 Å². The molecule has 5 nitrogen and oxygen atoms in total. The van der Waals surface area contributed by atoms with E-state index in [1.807, 2.05) is 5.01 Å². The number of rotatable bonds is 3. The maximum absolute atomic E-state index is 13.7. The number of anilines is 1. The molecule has 0 bridgehead atoms. The SMILES string of the molecule is C=C1/C=C\C(C(=O)O)=C/CCCC2C1=NN(c1ccc(C#N)c(Cl)c1)C2c1ccc(F)cc1. The number of fused-ring (bicyclic) bond motifs is 1. The molecule has 1 N–H and O–H groups in total. The molecule has 0 radical (unpaired) electrons. The lowest BCUT2D eigenvalue weighted by molar-refractivity contribution is -0.132. The molecule has 0 amide bonds. The molecule has 7 heteroatoms. The Morgan fingerprint density at radius 1 is 1.24 bits per heavy atom. The van der Waals surface area contributed by atoms with Gasteiger partial charge in [0.1, 0.15) is 11.9 Å². The van der Waals surface area contributed by atoms with Crippen LogP contribution in [0.2, 0.25) is 5.02 Å². The zero-order valence-electron chi connectivity index (χ0n) is 17.7. The van der Waals surface area contributed by atoms with E-state index in [1.165, 1.54) is 12.1 Å². The highest BCUT2D eigenvalue weighted by atomic mass is 35.5. The Hall–Kier alpha value is -3.69. The summed E-state index contributed by atoms with van der Waals surface area (Å²) in [4.78, 5) is 11.5. The van der Waals surface area contributed by atoms with Crippen molar-refractivity contribution in [2.45, 2.75) is 25.3 Å². The molecule has 0 saturated carbocycles. The molecule has 2 aromatic carbocycles. The van der Waals surface area contributed by atoms with Crippen LogP contribution in [0.1, 0.15) is 36.4 Å². The van der Waals surface area contributed by atoms with E-state index in [2.05, 4.69) is 12.6 Å². The molecule has 166 valence electrons. The fourth-order valence-electron chi connectivity index (χ4n) is 4.26. The number of nitrogens with zero attached hydrogens (tertiary/aromatic N) is 3. The summed E-state index contributed by atoms with van der Waals surface area (Å²) in [5, 5.41) is 25.7. The second-order valence-electron chi connectivity index (χ2n) is 7.96. The molecule has 0 spiro atoms. The van der Waals surface area contributed by atoms with Gasteiger partial charge in [0.05, 0.1) is 33.6 Å². The molecule has 2 aromatic rings. The van der Waals surface area contributed by atoms with E-state index in [1.54, 1.807) is 48.6 Å². The first-order valence-electron chi connectivity index (χ1n) is 10.5. The molecule has 1 aliphatic heterocycles. The monoisotopic (exact) mass is 461 g/mol. The summed E-state index contributed by atoms with van der Waals surface area (Å²) in [6.07, 6.45) is 7.03. The Morgan fingerprint density at radius 2 is 2.00 bits per heavy atom. The first-order chi connectivity index (χ1) is 15.9. The number of carboxylic acids is 1. The van der Waals surface area contributed by atoms with Crippen molar-refractivity contribution in [3.05, 3.63) is 100 Å². The van der Waals surface area contributed by atoms with Crippen LogP contribution < -0.4 is 5.01 Å². The van der Waals surface area contributed by atoms with E-state index < -0.39 is 5.97 Å². The van der Waals surface area contributed by atoms with Crippen molar-refractivity contribution in [2.75, 3.05) is 5.01 Å². The highest BCUT2D eigenvalue weighted by Gasteiger charge is 2.39. The van der Waals surface area contributed by atoms with Crippen LogP contribution in [0.5, 0.6) is 0 Å². The second kappa shape index (κ2) is 9.43. The zero-order valence-corrected chi connectivity index (χ0v) is 18.5. The normalized spacial score (nSPS) is 23.1. The smallest absolute Gasteiger partial charge is 0.335 e. The first-order valence-corrected chi connectivity index (χ1v) is 10.9. The van der Waals surface area contributed by atoms with Crippen LogP contribution in [0.25, 0.3) is 0 Å². The maximum atomic E-state index is 13.7. The Labute approximate surface area is 196 Å². The number of nitriles is 1. The van der Waals surface area contributed by atoms with E-state index in [4.69, 9.17) is 16.7 Å². The topological polar surface area (TPSA) is 76.7 Å². The van der Waals surface area contributed by atoms with Gasteiger partial charge in [-0.2, -0.15) is 10.4 Å². The zero-order chi connectivity index (χ0) is 23.5. The van der Waals surface area contributed by atoms with Crippen LogP contribution in [-0.4, -0.2) is 16.8 Å². The van der Waals surface area contributed by atoms with Crippen molar-refractivity contribution in [1.29, 1.82) is 5.26 Å². The standard InChI is InChI=1S/C26H21ClFN3O2/c1-16-6-7-18(26(32)33)4-2-3-5-22-24(16)30-31(21-13-10-19(15-29)23(27)14-21)25(22)17-8-11-20(28)12-9-17/h4,6-14,22,25H,1-3,5H2,(H,32,33)/b7-6-,18-4+. The fraction of sp³-hybridized carbons (Fsp3) is 0.192. The van der Waals surface area contributed by atoms with Gasteiger partial charge >= 0.3 is 5.97 Å². The van der Waals surface area contributed by atoms with Gasteiger partial charge < -0.3 is 5.11 Å². The van der Waals surface area contributed by atoms with Crippen molar-refractivity contribution in [1.82, 2.24) is 0 Å². The molecular formula is C26H21ClFN3O2. The molecule has 2 aliphatic rings. The van der Waals surface area contributed by atoms with E-state index in [0.29, 0.717) is 28.3 Å². The highest BCUT2D eigenvalue weighted by Crippen LogP contribution is 2.44. The number of halogens is 2. The molecule has 0 aromatic heterocycles. The molecule has 33 heavy (non-hydrogen) atoms. The Morgan fingerprint density at radius 3 is 2.67 bits per heavy atom.